The number of fused-ring (bicyclic) bond motifs is 1. The Morgan fingerprint density at radius 3 is 2.57 bits per heavy atom. The van der Waals surface area contributed by atoms with Gasteiger partial charge in [-0.2, -0.15) is 0 Å². The summed E-state index contributed by atoms with van der Waals surface area (Å²) < 4.78 is 9.80. The normalized spacial score (nSPS) is 44.5. The fraction of sp³-hybridized carbons (Fsp3) is 0.765. The van der Waals surface area contributed by atoms with Crippen LogP contribution in [0.1, 0.15) is 26.2 Å². The van der Waals surface area contributed by atoms with E-state index in [1.807, 2.05) is 6.92 Å². The van der Waals surface area contributed by atoms with Gasteiger partial charge in [-0.1, -0.05) is 6.92 Å². The monoisotopic (exact) mass is 324 g/mol. The van der Waals surface area contributed by atoms with Crippen LogP contribution in [-0.2, 0) is 19.1 Å². The van der Waals surface area contributed by atoms with E-state index in [2.05, 4.69) is 0 Å². The fourth-order valence-electron chi connectivity index (χ4n) is 5.64. The van der Waals surface area contributed by atoms with Crippen molar-refractivity contribution in [3.63, 3.8) is 0 Å². The lowest BCUT2D eigenvalue weighted by atomic mass is 9.65. The van der Waals surface area contributed by atoms with Crippen LogP contribution in [0.4, 0.5) is 0 Å². The van der Waals surface area contributed by atoms with E-state index in [4.69, 9.17) is 9.47 Å². The van der Waals surface area contributed by atoms with Crippen LogP contribution in [0.25, 0.3) is 0 Å². The Labute approximate surface area is 135 Å². The minimum Gasteiger partial charge on any atom is -0.469 e. The summed E-state index contributed by atoms with van der Waals surface area (Å²) in [6, 6.07) is 0. The average molecular weight is 324 g/mol. The van der Waals surface area contributed by atoms with Crippen LogP contribution in [0.5, 0.6) is 0 Å². The lowest BCUT2D eigenvalue weighted by Gasteiger charge is -2.40. The molecule has 0 aromatic heterocycles. The molecular weight excluding hydrogens is 300 g/mol. The molecule has 2 fully saturated rings. The molecule has 3 aliphatic rings. The van der Waals surface area contributed by atoms with Gasteiger partial charge in [0.1, 0.15) is 0 Å². The number of esters is 2. The van der Waals surface area contributed by atoms with E-state index in [1.54, 1.807) is 0 Å². The van der Waals surface area contributed by atoms with Crippen molar-refractivity contribution in [3.05, 3.63) is 11.6 Å². The molecule has 0 aliphatic heterocycles. The molecule has 6 nitrogen and oxygen atoms in total. The molecule has 3 rings (SSSR count). The quantitative estimate of drug-likeness (QED) is 0.741. The molecule has 0 aromatic rings. The van der Waals surface area contributed by atoms with Crippen molar-refractivity contribution in [3.8, 4) is 0 Å². The molecule has 0 saturated heterocycles. The Kier molecular flexibility index (Phi) is 3.80. The maximum atomic E-state index is 12.3. The first-order valence-corrected chi connectivity index (χ1v) is 8.03. The highest BCUT2D eigenvalue weighted by molar-refractivity contribution is 5.90. The molecule has 2 saturated carbocycles. The van der Waals surface area contributed by atoms with E-state index in [9.17, 15) is 19.8 Å². The highest BCUT2D eigenvalue weighted by Gasteiger charge is 2.71. The van der Waals surface area contributed by atoms with Gasteiger partial charge in [0.25, 0.3) is 0 Å². The van der Waals surface area contributed by atoms with Gasteiger partial charge in [0.2, 0.25) is 0 Å². The van der Waals surface area contributed by atoms with Crippen LogP contribution in [-0.4, -0.2) is 49.1 Å². The smallest absolute Gasteiger partial charge is 0.333 e. The van der Waals surface area contributed by atoms with Crippen LogP contribution in [0.2, 0.25) is 0 Å². The Balaban J connectivity index is 2.13. The predicted octanol–water partition coefficient (Wildman–Crippen LogP) is 0.664. The molecule has 0 amide bonds. The maximum absolute atomic E-state index is 12.3. The molecule has 0 aromatic carbocycles. The number of ether oxygens (including phenoxy) is 2. The van der Waals surface area contributed by atoms with Crippen LogP contribution in [0.3, 0.4) is 0 Å². The van der Waals surface area contributed by atoms with E-state index in [1.165, 1.54) is 20.3 Å². The zero-order valence-electron chi connectivity index (χ0n) is 13.7. The average Bonchev–Trinajstić information content (AvgIpc) is 3.04. The van der Waals surface area contributed by atoms with Gasteiger partial charge in [-0.25, -0.2) is 4.79 Å². The van der Waals surface area contributed by atoms with Crippen LogP contribution >= 0.6 is 0 Å². The molecule has 0 unspecified atom stereocenters. The van der Waals surface area contributed by atoms with Crippen molar-refractivity contribution in [2.75, 3.05) is 20.8 Å². The first kappa shape index (κ1) is 16.5. The van der Waals surface area contributed by atoms with Crippen molar-refractivity contribution in [1.29, 1.82) is 0 Å². The highest BCUT2D eigenvalue weighted by Crippen LogP contribution is 2.71. The third-order valence-electron chi connectivity index (χ3n) is 6.70. The first-order chi connectivity index (χ1) is 10.9. The lowest BCUT2D eigenvalue weighted by molar-refractivity contribution is -0.153. The number of methoxy groups -OCH3 is 2. The van der Waals surface area contributed by atoms with Gasteiger partial charge in [0.05, 0.1) is 26.2 Å². The number of rotatable bonds is 3. The minimum absolute atomic E-state index is 0.0393. The summed E-state index contributed by atoms with van der Waals surface area (Å²) in [5.74, 6) is -1.46. The summed E-state index contributed by atoms with van der Waals surface area (Å²) >= 11 is 0. The van der Waals surface area contributed by atoms with E-state index < -0.39 is 28.8 Å². The molecule has 128 valence electrons. The third kappa shape index (κ3) is 1.88. The van der Waals surface area contributed by atoms with Crippen molar-refractivity contribution >= 4 is 11.9 Å². The number of aliphatic hydroxyl groups is 2. The maximum Gasteiger partial charge on any atom is 0.333 e. The van der Waals surface area contributed by atoms with Crippen LogP contribution < -0.4 is 0 Å². The lowest BCUT2D eigenvalue weighted by Crippen LogP contribution is -2.46. The topological polar surface area (TPSA) is 93.1 Å². The van der Waals surface area contributed by atoms with Crippen molar-refractivity contribution in [2.45, 2.75) is 32.3 Å². The Bertz CT molecular complexity index is 569. The predicted molar refractivity (Wildman–Crippen MR) is 80.1 cm³/mol. The van der Waals surface area contributed by atoms with Crippen LogP contribution in [0, 0.1) is 28.6 Å². The van der Waals surface area contributed by atoms with Gasteiger partial charge in [-0.3, -0.25) is 4.79 Å². The molecule has 1 spiro atoms. The van der Waals surface area contributed by atoms with Gasteiger partial charge in [-0.15, -0.1) is 0 Å². The number of aliphatic hydroxyl groups excluding tert-OH is 2. The highest BCUT2D eigenvalue weighted by atomic mass is 16.5. The summed E-state index contributed by atoms with van der Waals surface area (Å²) in [7, 11) is 2.66. The standard InChI is InChI=1S/C17H24O6/c1-16(8-18)11-7-17(13(19)6-9(11)14(20)22-2)10(15(21)23-3)4-5-12(16)17/h6,10-13,18-19H,4-5,7-8H2,1-3H3/t10-,11+,12+,13+,16-,17-/m1/s1. The van der Waals surface area contributed by atoms with Gasteiger partial charge in [0.15, 0.2) is 0 Å². The Morgan fingerprint density at radius 1 is 1.30 bits per heavy atom. The van der Waals surface area contributed by atoms with Gasteiger partial charge < -0.3 is 19.7 Å². The SMILES string of the molecule is COC(=O)C1=C[C@H](O)[C@@]23C[C@@H]1[C@@](C)(CO)[C@@H]2CC[C@@H]3C(=O)OC. The summed E-state index contributed by atoms with van der Waals surface area (Å²) in [6.45, 7) is 1.84. The van der Waals surface area contributed by atoms with E-state index >= 15 is 0 Å². The molecule has 3 aliphatic carbocycles. The second-order valence-electron chi connectivity index (χ2n) is 7.30. The molecule has 2 bridgehead atoms. The molecular formula is C17H24O6. The van der Waals surface area contributed by atoms with Crippen molar-refractivity contribution < 1.29 is 29.3 Å². The van der Waals surface area contributed by atoms with Gasteiger partial charge in [0, 0.05) is 23.0 Å². The summed E-state index contributed by atoms with van der Waals surface area (Å²) in [4.78, 5) is 24.4. The minimum atomic E-state index is -0.919. The third-order valence-corrected chi connectivity index (χ3v) is 6.70. The molecule has 2 N–H and O–H groups in total. The second kappa shape index (κ2) is 5.31. The van der Waals surface area contributed by atoms with E-state index in [0.29, 0.717) is 18.4 Å². The van der Waals surface area contributed by atoms with Gasteiger partial charge >= 0.3 is 11.9 Å². The number of hydrogen-bond acceptors (Lipinski definition) is 6. The van der Waals surface area contributed by atoms with Crippen molar-refractivity contribution in [2.24, 2.45) is 28.6 Å². The van der Waals surface area contributed by atoms with Crippen molar-refractivity contribution in [1.82, 2.24) is 0 Å². The molecule has 0 heterocycles. The number of carbonyl (C=O) groups excluding carboxylic acids is 2. The summed E-state index contributed by atoms with van der Waals surface area (Å²) in [6.07, 6.45) is 2.48. The van der Waals surface area contributed by atoms with E-state index in [-0.39, 0.29) is 24.4 Å². The van der Waals surface area contributed by atoms with Crippen LogP contribution in [0.15, 0.2) is 11.6 Å². The Morgan fingerprint density at radius 2 is 2.00 bits per heavy atom. The molecule has 0 radical (unpaired) electrons. The summed E-state index contributed by atoms with van der Waals surface area (Å²) in [5.41, 5.74) is -0.798. The number of hydrogen-bond donors (Lipinski definition) is 2. The fourth-order valence-corrected chi connectivity index (χ4v) is 5.64. The molecule has 23 heavy (non-hydrogen) atoms. The zero-order valence-corrected chi connectivity index (χ0v) is 13.7. The van der Waals surface area contributed by atoms with Gasteiger partial charge in [-0.05, 0) is 37.2 Å². The van der Waals surface area contributed by atoms with E-state index in [0.717, 1.165) is 6.42 Å². The first-order valence-electron chi connectivity index (χ1n) is 8.03. The molecule has 6 atom stereocenters. The number of carbonyl (C=O) groups is 2. The largest absolute Gasteiger partial charge is 0.469 e. The zero-order chi connectivity index (χ0) is 17.0. The summed E-state index contributed by atoms with van der Waals surface area (Å²) in [5, 5.41) is 20.9. The second-order valence-corrected chi connectivity index (χ2v) is 7.30. The molecule has 6 heteroatoms. The Hall–Kier alpha value is -1.40.